The number of nitrogens with one attached hydrogen (secondary N) is 1. The molecular weight excluding hydrogens is 362 g/mol. The number of guanidine groups is 1. The van der Waals surface area contributed by atoms with Crippen LogP contribution >= 0.6 is 11.6 Å². The van der Waals surface area contributed by atoms with Crippen molar-refractivity contribution in [2.75, 3.05) is 39.9 Å². The molecule has 5 nitrogen and oxygen atoms in total. The van der Waals surface area contributed by atoms with Crippen LogP contribution in [0.2, 0.25) is 5.02 Å². The summed E-state index contributed by atoms with van der Waals surface area (Å²) in [7, 11) is 1.87. The molecule has 0 amide bonds. The van der Waals surface area contributed by atoms with Crippen molar-refractivity contribution in [2.24, 2.45) is 4.99 Å². The molecule has 0 radical (unpaired) electrons. The molecule has 6 heteroatoms. The maximum Gasteiger partial charge on any atom is 0.193 e. The highest BCUT2D eigenvalue weighted by Gasteiger charge is 2.39. The van der Waals surface area contributed by atoms with Gasteiger partial charge in [-0.2, -0.15) is 0 Å². The van der Waals surface area contributed by atoms with Crippen molar-refractivity contribution in [2.45, 2.75) is 49.7 Å². The number of hydrogen-bond acceptors (Lipinski definition) is 3. The maximum atomic E-state index is 6.08. The smallest absolute Gasteiger partial charge is 0.193 e. The Morgan fingerprint density at radius 2 is 1.96 bits per heavy atom. The van der Waals surface area contributed by atoms with E-state index in [1.807, 2.05) is 19.2 Å². The first-order chi connectivity index (χ1) is 13.2. The zero-order chi connectivity index (χ0) is 18.7. The van der Waals surface area contributed by atoms with E-state index >= 15 is 0 Å². The van der Waals surface area contributed by atoms with E-state index < -0.39 is 0 Å². The number of ether oxygens (including phenoxy) is 2. The number of nitrogens with zero attached hydrogens (tertiary/aromatic N) is 2. The van der Waals surface area contributed by atoms with Crippen LogP contribution in [-0.2, 0) is 14.9 Å². The fraction of sp³-hybridized carbons (Fsp3) is 0.667. The fourth-order valence-electron chi connectivity index (χ4n) is 4.54. The molecule has 1 aromatic carbocycles. The van der Waals surface area contributed by atoms with Gasteiger partial charge < -0.3 is 19.7 Å². The van der Waals surface area contributed by atoms with Gasteiger partial charge in [-0.15, -0.1) is 0 Å². The van der Waals surface area contributed by atoms with Gasteiger partial charge in [-0.25, -0.2) is 0 Å². The molecule has 1 N–H and O–H groups in total. The minimum atomic E-state index is 0.147. The summed E-state index contributed by atoms with van der Waals surface area (Å²) in [6, 6.07) is 8.35. The third kappa shape index (κ3) is 4.10. The second kappa shape index (κ2) is 8.38. The molecule has 0 spiro atoms. The van der Waals surface area contributed by atoms with E-state index in [2.05, 4.69) is 27.3 Å². The highest BCUT2D eigenvalue weighted by atomic mass is 35.5. The van der Waals surface area contributed by atoms with Crippen LogP contribution in [0.15, 0.2) is 29.3 Å². The number of morpholine rings is 1. The van der Waals surface area contributed by atoms with Gasteiger partial charge in [-0.05, 0) is 43.4 Å². The lowest BCUT2D eigenvalue weighted by Crippen LogP contribution is -2.55. The van der Waals surface area contributed by atoms with Gasteiger partial charge in [0.2, 0.25) is 0 Å². The van der Waals surface area contributed by atoms with Crippen molar-refractivity contribution in [3.8, 4) is 0 Å². The Morgan fingerprint density at radius 3 is 2.59 bits per heavy atom. The minimum Gasteiger partial charge on any atom is -0.375 e. The predicted octanol–water partition coefficient (Wildman–Crippen LogP) is 3.22. The normalized spacial score (nSPS) is 28.1. The largest absolute Gasteiger partial charge is 0.375 e. The van der Waals surface area contributed by atoms with Crippen molar-refractivity contribution in [1.82, 2.24) is 10.2 Å². The summed E-state index contributed by atoms with van der Waals surface area (Å²) < 4.78 is 11.8. The lowest BCUT2D eigenvalue weighted by atomic mass is 9.64. The van der Waals surface area contributed by atoms with Crippen LogP contribution in [-0.4, -0.2) is 63.0 Å². The molecule has 27 heavy (non-hydrogen) atoms. The molecule has 1 aromatic rings. The lowest BCUT2D eigenvalue weighted by molar-refractivity contribution is -0.0817. The molecule has 4 rings (SSSR count). The van der Waals surface area contributed by atoms with Crippen LogP contribution in [0.1, 0.15) is 37.7 Å². The standard InChI is InChI=1S/C21H30ClN3O2/c1-23-20(25-11-13-27-19(14-25)18-4-2-12-26-18)24-15-21(9-3-10-21)16-5-7-17(22)8-6-16/h5-8,18-19H,2-4,9-15H2,1H3,(H,23,24). The topological polar surface area (TPSA) is 46.1 Å². The summed E-state index contributed by atoms with van der Waals surface area (Å²) >= 11 is 6.08. The van der Waals surface area contributed by atoms with E-state index in [1.165, 1.54) is 24.8 Å². The summed E-state index contributed by atoms with van der Waals surface area (Å²) in [5.41, 5.74) is 1.57. The van der Waals surface area contributed by atoms with Gasteiger partial charge in [-0.3, -0.25) is 4.99 Å². The molecule has 2 aliphatic heterocycles. The quantitative estimate of drug-likeness (QED) is 0.632. The van der Waals surface area contributed by atoms with E-state index in [1.54, 1.807) is 0 Å². The molecule has 0 aromatic heterocycles. The summed E-state index contributed by atoms with van der Waals surface area (Å²) in [5.74, 6) is 0.974. The monoisotopic (exact) mass is 391 g/mol. The van der Waals surface area contributed by atoms with Crippen molar-refractivity contribution in [1.29, 1.82) is 0 Å². The second-order valence-corrected chi connectivity index (χ2v) is 8.38. The molecule has 1 aliphatic carbocycles. The molecule has 0 bridgehead atoms. The average molecular weight is 392 g/mol. The summed E-state index contributed by atoms with van der Waals surface area (Å²) in [4.78, 5) is 6.88. The third-order valence-corrected chi connectivity index (χ3v) is 6.59. The Bertz CT molecular complexity index is 654. The highest BCUT2D eigenvalue weighted by Crippen LogP contribution is 2.43. The minimum absolute atomic E-state index is 0.147. The average Bonchev–Trinajstić information content (AvgIpc) is 3.20. The Labute approximate surface area is 167 Å². The highest BCUT2D eigenvalue weighted by molar-refractivity contribution is 6.30. The van der Waals surface area contributed by atoms with E-state index in [4.69, 9.17) is 21.1 Å². The lowest BCUT2D eigenvalue weighted by Gasteiger charge is -2.44. The van der Waals surface area contributed by atoms with Gasteiger partial charge in [0.15, 0.2) is 5.96 Å². The molecule has 3 aliphatic rings. The number of benzene rings is 1. The van der Waals surface area contributed by atoms with Crippen LogP contribution in [0.25, 0.3) is 0 Å². The van der Waals surface area contributed by atoms with E-state index in [9.17, 15) is 0 Å². The molecule has 2 atom stereocenters. The third-order valence-electron chi connectivity index (χ3n) is 6.34. The van der Waals surface area contributed by atoms with Crippen molar-refractivity contribution in [3.05, 3.63) is 34.9 Å². The summed E-state index contributed by atoms with van der Waals surface area (Å²) in [5, 5.41) is 4.45. The number of aliphatic imine (C=N–C) groups is 1. The second-order valence-electron chi connectivity index (χ2n) is 7.95. The SMILES string of the molecule is CN=C(NCC1(c2ccc(Cl)cc2)CCC1)N1CCOC(C2CCCO2)C1. The molecule has 3 fully saturated rings. The first-order valence-electron chi connectivity index (χ1n) is 10.2. The van der Waals surface area contributed by atoms with Gasteiger partial charge in [0.25, 0.3) is 0 Å². The van der Waals surface area contributed by atoms with E-state index in [0.29, 0.717) is 0 Å². The van der Waals surface area contributed by atoms with Crippen molar-refractivity contribution >= 4 is 17.6 Å². The van der Waals surface area contributed by atoms with Crippen LogP contribution < -0.4 is 5.32 Å². The van der Waals surface area contributed by atoms with E-state index in [-0.39, 0.29) is 17.6 Å². The summed E-state index contributed by atoms with van der Waals surface area (Å²) in [6.07, 6.45) is 6.32. The predicted molar refractivity (Wildman–Crippen MR) is 109 cm³/mol. The first kappa shape index (κ1) is 19.0. The molecule has 148 valence electrons. The number of halogens is 1. The molecular formula is C21H30ClN3O2. The van der Waals surface area contributed by atoms with Crippen molar-refractivity contribution < 1.29 is 9.47 Å². The Morgan fingerprint density at radius 1 is 1.19 bits per heavy atom. The van der Waals surface area contributed by atoms with Gasteiger partial charge >= 0.3 is 0 Å². The Kier molecular flexibility index (Phi) is 5.90. The molecule has 2 heterocycles. The number of rotatable bonds is 4. The first-order valence-corrected chi connectivity index (χ1v) is 10.5. The maximum absolute atomic E-state index is 6.08. The van der Waals surface area contributed by atoms with Crippen LogP contribution in [0.4, 0.5) is 0 Å². The molecule has 1 saturated carbocycles. The summed E-state index contributed by atoms with van der Waals surface area (Å²) in [6.45, 7) is 4.22. The van der Waals surface area contributed by atoms with Gasteiger partial charge in [0.05, 0.1) is 12.7 Å². The van der Waals surface area contributed by atoms with Gasteiger partial charge in [0, 0.05) is 43.7 Å². The van der Waals surface area contributed by atoms with Gasteiger partial charge in [0.1, 0.15) is 6.10 Å². The zero-order valence-electron chi connectivity index (χ0n) is 16.1. The van der Waals surface area contributed by atoms with Crippen LogP contribution in [0.5, 0.6) is 0 Å². The number of hydrogen-bond donors (Lipinski definition) is 1. The van der Waals surface area contributed by atoms with Crippen molar-refractivity contribution in [3.63, 3.8) is 0 Å². The Balaban J connectivity index is 1.39. The Hall–Kier alpha value is -1.30. The van der Waals surface area contributed by atoms with E-state index in [0.717, 1.165) is 56.7 Å². The molecule has 2 unspecified atom stereocenters. The van der Waals surface area contributed by atoms with Gasteiger partial charge in [-0.1, -0.05) is 30.2 Å². The zero-order valence-corrected chi connectivity index (χ0v) is 16.9. The van der Waals surface area contributed by atoms with Crippen LogP contribution in [0, 0.1) is 0 Å². The fourth-order valence-corrected chi connectivity index (χ4v) is 4.67. The van der Waals surface area contributed by atoms with Crippen LogP contribution in [0.3, 0.4) is 0 Å². The molecule has 2 saturated heterocycles.